The first-order valence-electron chi connectivity index (χ1n) is 9.51. The number of halogens is 1. The number of aliphatic hydroxyl groups is 2. The molecule has 2 N–H and O–H groups in total. The number of hydrogen-bond acceptors (Lipinski definition) is 5. The Morgan fingerprint density at radius 3 is 2.81 bits per heavy atom. The summed E-state index contributed by atoms with van der Waals surface area (Å²) in [6.07, 6.45) is 2.93. The third-order valence-electron chi connectivity index (χ3n) is 7.85. The van der Waals surface area contributed by atoms with Crippen molar-refractivity contribution < 1.29 is 24.5 Å². The lowest BCUT2D eigenvalue weighted by molar-refractivity contribution is -0.136. The van der Waals surface area contributed by atoms with Gasteiger partial charge in [-0.05, 0) is 47.7 Å². The zero-order chi connectivity index (χ0) is 18.6. The number of hydrogen-bond donors (Lipinski definition) is 2. The van der Waals surface area contributed by atoms with E-state index in [1.165, 1.54) is 0 Å². The summed E-state index contributed by atoms with van der Waals surface area (Å²) in [5.41, 5.74) is 0.436. The molecule has 0 amide bonds. The van der Waals surface area contributed by atoms with Gasteiger partial charge >= 0.3 is 5.97 Å². The van der Waals surface area contributed by atoms with Crippen molar-refractivity contribution in [2.24, 2.45) is 17.3 Å². The average molecular weight is 381 g/mol. The Morgan fingerprint density at radius 1 is 1.38 bits per heavy atom. The first-order chi connectivity index (χ1) is 12.2. The zero-order valence-electron chi connectivity index (χ0n) is 15.3. The smallest absolute Gasteiger partial charge is 0.334 e. The lowest BCUT2D eigenvalue weighted by atomic mass is 9.50. The molecular formula is C20H25ClO5. The summed E-state index contributed by atoms with van der Waals surface area (Å²) in [5, 5.41) is 21.7. The Balaban J connectivity index is 1.64. The van der Waals surface area contributed by atoms with Gasteiger partial charge in [0.25, 0.3) is 0 Å². The number of fused-ring (bicyclic) bond motifs is 3. The minimum atomic E-state index is -1.42. The molecule has 6 heteroatoms. The summed E-state index contributed by atoms with van der Waals surface area (Å²) >= 11 is 6.61. The molecule has 5 rings (SSSR count). The highest BCUT2D eigenvalue weighted by molar-refractivity contribution is 6.23. The lowest BCUT2D eigenvalue weighted by Crippen LogP contribution is -2.66. The van der Waals surface area contributed by atoms with Gasteiger partial charge in [-0.1, -0.05) is 26.8 Å². The van der Waals surface area contributed by atoms with Crippen molar-refractivity contribution in [3.63, 3.8) is 0 Å². The number of ether oxygens (including phenoxy) is 2. The normalized spacial score (nSPS) is 52.0. The molecule has 7 atom stereocenters. The molecule has 0 bridgehead atoms. The highest BCUT2D eigenvalue weighted by Gasteiger charge is 2.77. The molecule has 2 aliphatic heterocycles. The summed E-state index contributed by atoms with van der Waals surface area (Å²) in [5.74, 6) is -0.229. The molecule has 1 saturated heterocycles. The van der Waals surface area contributed by atoms with Crippen LogP contribution in [-0.4, -0.2) is 51.6 Å². The van der Waals surface area contributed by atoms with Gasteiger partial charge in [0.1, 0.15) is 23.9 Å². The summed E-state index contributed by atoms with van der Waals surface area (Å²) < 4.78 is 11.4. The molecule has 0 aromatic heterocycles. The predicted octanol–water partition coefficient (Wildman–Crippen LogP) is 2.09. The van der Waals surface area contributed by atoms with Crippen LogP contribution in [0.3, 0.4) is 0 Å². The average Bonchev–Trinajstić information content (AvgIpc) is 3.20. The van der Waals surface area contributed by atoms with Crippen molar-refractivity contribution >= 4 is 17.6 Å². The maximum Gasteiger partial charge on any atom is 0.334 e. The van der Waals surface area contributed by atoms with Crippen LogP contribution >= 0.6 is 11.6 Å². The van der Waals surface area contributed by atoms with E-state index in [0.29, 0.717) is 13.0 Å². The fraction of sp³-hybridized carbons (Fsp3) is 0.750. The van der Waals surface area contributed by atoms with Crippen molar-refractivity contribution in [1.29, 1.82) is 0 Å². The molecule has 0 aromatic rings. The van der Waals surface area contributed by atoms with Crippen LogP contribution in [0.4, 0.5) is 0 Å². The van der Waals surface area contributed by atoms with Crippen LogP contribution in [0.25, 0.3) is 0 Å². The first kappa shape index (κ1) is 17.2. The number of carbonyl (C=O) groups is 1. The topological polar surface area (TPSA) is 79.3 Å². The van der Waals surface area contributed by atoms with E-state index in [0.717, 1.165) is 29.6 Å². The van der Waals surface area contributed by atoms with E-state index >= 15 is 0 Å². The number of rotatable bonds is 1. The molecule has 26 heavy (non-hydrogen) atoms. The molecular weight excluding hydrogens is 356 g/mol. The molecule has 2 fully saturated rings. The Hall–Kier alpha value is -0.880. The molecule has 5 nitrogen and oxygen atoms in total. The number of aliphatic hydroxyl groups excluding tert-OH is 1. The molecule has 2 heterocycles. The fourth-order valence-corrected chi connectivity index (χ4v) is 6.63. The molecule has 0 aromatic carbocycles. The molecule has 1 saturated carbocycles. The second-order valence-corrected chi connectivity index (χ2v) is 9.58. The van der Waals surface area contributed by atoms with Gasteiger partial charge in [0.15, 0.2) is 0 Å². The van der Waals surface area contributed by atoms with Gasteiger partial charge in [-0.2, -0.15) is 0 Å². The predicted molar refractivity (Wildman–Crippen MR) is 94.6 cm³/mol. The minimum absolute atomic E-state index is 0.154. The van der Waals surface area contributed by atoms with Gasteiger partial charge in [0, 0.05) is 5.57 Å². The fourth-order valence-electron chi connectivity index (χ4n) is 6.13. The van der Waals surface area contributed by atoms with E-state index < -0.39 is 22.7 Å². The van der Waals surface area contributed by atoms with Gasteiger partial charge in [0.2, 0.25) is 0 Å². The standard InChI is InChI=1S/C20H25ClO5/c1-9(2)19(24)14(21)7-13-18(3)5-4-10-11(8-25-16(10)22)12(18)6-15-20(13,26-15)17(19)23/h7,9,12,14-15,17,23-24H,4-6,8H2,1-3H3/t12-,14+,15-,17+,18-,19-,20+/m0/s1. The number of epoxide rings is 1. The van der Waals surface area contributed by atoms with Crippen LogP contribution in [0, 0.1) is 17.3 Å². The summed E-state index contributed by atoms with van der Waals surface area (Å²) in [6, 6.07) is 0. The van der Waals surface area contributed by atoms with Crippen LogP contribution in [-0.2, 0) is 14.3 Å². The second kappa shape index (κ2) is 4.93. The highest BCUT2D eigenvalue weighted by Crippen LogP contribution is 2.69. The van der Waals surface area contributed by atoms with Gasteiger partial charge in [-0.25, -0.2) is 4.79 Å². The highest BCUT2D eigenvalue weighted by atomic mass is 35.5. The Labute approximate surface area is 158 Å². The molecule has 1 spiro atoms. The Kier molecular flexibility index (Phi) is 3.27. The van der Waals surface area contributed by atoms with Crippen LogP contribution in [0.5, 0.6) is 0 Å². The number of alkyl halides is 1. The van der Waals surface area contributed by atoms with Crippen LogP contribution < -0.4 is 0 Å². The third kappa shape index (κ3) is 1.72. The minimum Gasteiger partial charge on any atom is -0.458 e. The Morgan fingerprint density at radius 2 is 2.12 bits per heavy atom. The molecule has 5 aliphatic rings. The van der Waals surface area contributed by atoms with Crippen molar-refractivity contribution in [3.05, 3.63) is 22.8 Å². The van der Waals surface area contributed by atoms with E-state index in [9.17, 15) is 15.0 Å². The summed E-state index contributed by atoms with van der Waals surface area (Å²) in [7, 11) is 0. The van der Waals surface area contributed by atoms with E-state index in [1.807, 2.05) is 19.9 Å². The Bertz CT molecular complexity index is 772. The van der Waals surface area contributed by atoms with Crippen molar-refractivity contribution in [2.75, 3.05) is 6.61 Å². The van der Waals surface area contributed by atoms with E-state index in [2.05, 4.69) is 6.92 Å². The van der Waals surface area contributed by atoms with Gasteiger partial charge in [-0.3, -0.25) is 0 Å². The quantitative estimate of drug-likeness (QED) is 0.315. The van der Waals surface area contributed by atoms with Crippen LogP contribution in [0.15, 0.2) is 22.8 Å². The molecule has 3 aliphatic carbocycles. The second-order valence-electron chi connectivity index (χ2n) is 9.11. The largest absolute Gasteiger partial charge is 0.458 e. The van der Waals surface area contributed by atoms with Crippen molar-refractivity contribution in [2.45, 2.75) is 68.8 Å². The lowest BCUT2D eigenvalue weighted by Gasteiger charge is -2.54. The van der Waals surface area contributed by atoms with Crippen LogP contribution in [0.2, 0.25) is 0 Å². The third-order valence-corrected chi connectivity index (χ3v) is 8.32. The summed E-state index contributed by atoms with van der Waals surface area (Å²) in [6.45, 7) is 6.30. The molecule has 0 radical (unpaired) electrons. The van der Waals surface area contributed by atoms with Crippen LogP contribution in [0.1, 0.15) is 40.0 Å². The zero-order valence-corrected chi connectivity index (χ0v) is 16.0. The number of cyclic esters (lactones) is 1. The van der Waals surface area contributed by atoms with E-state index in [4.69, 9.17) is 21.1 Å². The van der Waals surface area contributed by atoms with Gasteiger partial charge in [-0.15, -0.1) is 11.6 Å². The summed E-state index contributed by atoms with van der Waals surface area (Å²) in [4.78, 5) is 12.0. The van der Waals surface area contributed by atoms with E-state index in [1.54, 1.807) is 0 Å². The molecule has 142 valence electrons. The SMILES string of the molecule is CC(C)[C@]1(O)[C@H](Cl)C=C2[C@]3(O[C@H]3C[C@H]3C4=C(CC[C@]23C)C(=O)OC4)[C@@H]1O. The maximum atomic E-state index is 12.0. The first-order valence-corrected chi connectivity index (χ1v) is 9.95. The van der Waals surface area contributed by atoms with E-state index in [-0.39, 0.29) is 29.3 Å². The van der Waals surface area contributed by atoms with Gasteiger partial charge < -0.3 is 19.7 Å². The van der Waals surface area contributed by atoms with Crippen molar-refractivity contribution in [3.8, 4) is 0 Å². The monoisotopic (exact) mass is 380 g/mol. The maximum absolute atomic E-state index is 12.0. The number of esters is 1. The van der Waals surface area contributed by atoms with Crippen molar-refractivity contribution in [1.82, 2.24) is 0 Å². The van der Waals surface area contributed by atoms with Gasteiger partial charge in [0.05, 0.1) is 11.5 Å². The molecule has 0 unspecified atom stereocenters. The number of carbonyl (C=O) groups excluding carboxylic acids is 1.